The van der Waals surface area contributed by atoms with Gasteiger partial charge in [0.15, 0.2) is 0 Å². The molecule has 4 heterocycles. The Morgan fingerprint density at radius 3 is 1.53 bits per heavy atom. The number of para-hydroxylation sites is 4. The van der Waals surface area contributed by atoms with Crippen molar-refractivity contribution in [2.24, 2.45) is 0 Å². The minimum Gasteiger partial charge on any atom is -0.308 e. The molecule has 9 aromatic carbocycles. The Balaban J connectivity index is 1.06. The molecule has 0 N–H and O–H groups in total. The van der Waals surface area contributed by atoms with Crippen molar-refractivity contribution in [3.05, 3.63) is 212 Å². The number of fused-ring (bicyclic) bond motifs is 12. The molecule has 0 fully saturated rings. The maximum absolute atomic E-state index is 2.49. The van der Waals surface area contributed by atoms with E-state index in [-0.39, 0.29) is 0 Å². The largest absolute Gasteiger partial charge is 0.308 e. The molecule has 0 spiro atoms. The van der Waals surface area contributed by atoms with Crippen molar-refractivity contribution in [3.63, 3.8) is 0 Å². The average molecular weight is 782 g/mol. The van der Waals surface area contributed by atoms with E-state index in [1.807, 2.05) is 11.3 Å². The summed E-state index contributed by atoms with van der Waals surface area (Å²) in [5.41, 5.74) is 15.6. The van der Waals surface area contributed by atoms with Crippen molar-refractivity contribution >= 4 is 86.2 Å². The molecular weight excluding hydrogens is 747 g/mol. The highest BCUT2D eigenvalue weighted by atomic mass is 32.1. The Hall–Kier alpha value is -7.66. The van der Waals surface area contributed by atoms with Gasteiger partial charge in [-0.2, -0.15) is 0 Å². The van der Waals surface area contributed by atoms with E-state index in [0.29, 0.717) is 0 Å². The molecule has 3 nitrogen and oxygen atoms in total. The molecule has 13 aromatic rings. The lowest BCUT2D eigenvalue weighted by Gasteiger charge is -2.14. The third kappa shape index (κ3) is 4.77. The Labute approximate surface area is 349 Å². The van der Waals surface area contributed by atoms with Gasteiger partial charge in [-0.15, -0.1) is 11.3 Å². The van der Waals surface area contributed by atoms with Crippen LogP contribution in [-0.2, 0) is 0 Å². The van der Waals surface area contributed by atoms with Gasteiger partial charge in [0.25, 0.3) is 0 Å². The second-order valence-corrected chi connectivity index (χ2v) is 16.7. The molecule has 0 atom stereocenters. The summed E-state index contributed by atoms with van der Waals surface area (Å²) in [4.78, 5) is 0. The Morgan fingerprint density at radius 2 is 0.817 bits per heavy atom. The molecule has 13 rings (SSSR count). The SMILES string of the molecule is c1ccc(-c2cc3c4ccccc4n(-c4ccc(-c5ccc6c(c5)c5sc7ccccc7c5n6-c5ccccc5)cc4)c3c3c2c2ccccc2n3-c2ccccc2)cc1. The lowest BCUT2D eigenvalue weighted by Crippen LogP contribution is -1.99. The van der Waals surface area contributed by atoms with Crippen molar-refractivity contribution in [2.75, 3.05) is 0 Å². The van der Waals surface area contributed by atoms with Crippen LogP contribution in [0, 0.1) is 0 Å². The summed E-state index contributed by atoms with van der Waals surface area (Å²) in [6.07, 6.45) is 0. The molecule has 280 valence electrons. The monoisotopic (exact) mass is 781 g/mol. The standard InChI is InChI=1S/C56H35N3S/c1-4-16-37(17-5-1)45-35-46-42-22-10-13-25-48(42)57(53(46)55-52(45)43-23-11-14-26-49(43)59(55)40-20-8-3-9-21-40)41-31-28-36(29-32-41)38-30-33-50-47(34-38)56-54(44-24-12-15-27-51(44)60-56)58(50)39-18-6-2-7-19-39/h1-35H. The molecule has 0 saturated heterocycles. The van der Waals surface area contributed by atoms with E-state index in [2.05, 4.69) is 226 Å². The zero-order valence-corrected chi connectivity index (χ0v) is 33.3. The quantitative estimate of drug-likeness (QED) is 0.165. The van der Waals surface area contributed by atoms with Gasteiger partial charge in [0.1, 0.15) is 0 Å². The molecule has 0 amide bonds. The first-order valence-electron chi connectivity index (χ1n) is 20.5. The summed E-state index contributed by atoms with van der Waals surface area (Å²) < 4.78 is 10.1. The molecule has 4 heteroatoms. The van der Waals surface area contributed by atoms with E-state index >= 15 is 0 Å². The number of nitrogens with zero attached hydrogens (tertiary/aromatic N) is 3. The molecule has 0 aliphatic heterocycles. The first-order chi connectivity index (χ1) is 29.8. The topological polar surface area (TPSA) is 14.8 Å². The minimum absolute atomic E-state index is 1.13. The van der Waals surface area contributed by atoms with Crippen molar-refractivity contribution < 1.29 is 0 Å². The van der Waals surface area contributed by atoms with Gasteiger partial charge < -0.3 is 13.7 Å². The van der Waals surface area contributed by atoms with Crippen molar-refractivity contribution in [3.8, 4) is 39.3 Å². The third-order valence-electron chi connectivity index (χ3n) is 12.4. The number of benzene rings is 9. The molecule has 0 unspecified atom stereocenters. The van der Waals surface area contributed by atoms with Gasteiger partial charge in [-0.05, 0) is 95.1 Å². The third-order valence-corrected chi connectivity index (χ3v) is 13.6. The van der Waals surface area contributed by atoms with Gasteiger partial charge in [0, 0.05) is 54.1 Å². The van der Waals surface area contributed by atoms with E-state index in [9.17, 15) is 0 Å². The maximum Gasteiger partial charge on any atom is 0.0795 e. The zero-order chi connectivity index (χ0) is 39.3. The van der Waals surface area contributed by atoms with E-state index in [1.165, 1.54) is 103 Å². The average Bonchev–Trinajstić information content (AvgIpc) is 4.06. The summed E-state index contributed by atoms with van der Waals surface area (Å²) in [6, 6.07) is 77.7. The van der Waals surface area contributed by atoms with E-state index < -0.39 is 0 Å². The molecule has 60 heavy (non-hydrogen) atoms. The molecular formula is C56H35N3S. The van der Waals surface area contributed by atoms with Gasteiger partial charge in [0.2, 0.25) is 0 Å². The fraction of sp³-hybridized carbons (Fsp3) is 0. The zero-order valence-electron chi connectivity index (χ0n) is 32.5. The molecule has 4 aromatic heterocycles. The minimum atomic E-state index is 1.13. The predicted octanol–water partition coefficient (Wildman–Crippen LogP) is 15.5. The van der Waals surface area contributed by atoms with Gasteiger partial charge in [-0.25, -0.2) is 0 Å². The Kier molecular flexibility index (Phi) is 7.18. The lowest BCUT2D eigenvalue weighted by atomic mass is 9.96. The summed E-state index contributed by atoms with van der Waals surface area (Å²) in [5.74, 6) is 0. The second kappa shape index (κ2) is 12.9. The first-order valence-corrected chi connectivity index (χ1v) is 21.3. The maximum atomic E-state index is 2.49. The number of rotatable bonds is 5. The highest BCUT2D eigenvalue weighted by molar-refractivity contribution is 7.26. The first kappa shape index (κ1) is 33.3. The summed E-state index contributed by atoms with van der Waals surface area (Å²) in [6.45, 7) is 0. The highest BCUT2D eigenvalue weighted by Crippen LogP contribution is 2.47. The van der Waals surface area contributed by atoms with Crippen LogP contribution in [0.1, 0.15) is 0 Å². The molecule has 0 radical (unpaired) electrons. The van der Waals surface area contributed by atoms with E-state index in [0.717, 1.165) is 11.4 Å². The van der Waals surface area contributed by atoms with Crippen molar-refractivity contribution in [1.29, 1.82) is 0 Å². The van der Waals surface area contributed by atoms with Crippen LogP contribution in [-0.4, -0.2) is 13.7 Å². The van der Waals surface area contributed by atoms with Crippen LogP contribution in [0.15, 0.2) is 212 Å². The van der Waals surface area contributed by atoms with E-state index in [4.69, 9.17) is 0 Å². The van der Waals surface area contributed by atoms with Crippen LogP contribution in [0.3, 0.4) is 0 Å². The molecule has 0 saturated carbocycles. The molecule has 0 aliphatic carbocycles. The number of thiophene rings is 1. The second-order valence-electron chi connectivity index (χ2n) is 15.7. The van der Waals surface area contributed by atoms with Gasteiger partial charge in [-0.3, -0.25) is 0 Å². The van der Waals surface area contributed by atoms with Crippen molar-refractivity contribution in [2.45, 2.75) is 0 Å². The van der Waals surface area contributed by atoms with Crippen LogP contribution in [0.5, 0.6) is 0 Å². The van der Waals surface area contributed by atoms with Gasteiger partial charge >= 0.3 is 0 Å². The summed E-state index contributed by atoms with van der Waals surface area (Å²) in [7, 11) is 0. The normalized spacial score (nSPS) is 12.0. The van der Waals surface area contributed by atoms with Crippen LogP contribution in [0.25, 0.3) is 114 Å². The summed E-state index contributed by atoms with van der Waals surface area (Å²) in [5, 5.41) is 7.56. The van der Waals surface area contributed by atoms with Crippen LogP contribution in [0.2, 0.25) is 0 Å². The fourth-order valence-corrected chi connectivity index (χ4v) is 11.1. The smallest absolute Gasteiger partial charge is 0.0795 e. The number of hydrogen-bond acceptors (Lipinski definition) is 1. The fourth-order valence-electron chi connectivity index (χ4n) is 9.85. The van der Waals surface area contributed by atoms with Crippen LogP contribution < -0.4 is 0 Å². The number of aromatic nitrogens is 3. The van der Waals surface area contributed by atoms with Crippen molar-refractivity contribution in [1.82, 2.24) is 13.7 Å². The van der Waals surface area contributed by atoms with Crippen LogP contribution in [0.4, 0.5) is 0 Å². The van der Waals surface area contributed by atoms with Gasteiger partial charge in [-0.1, -0.05) is 140 Å². The number of hydrogen-bond donors (Lipinski definition) is 0. The van der Waals surface area contributed by atoms with Crippen LogP contribution >= 0.6 is 11.3 Å². The van der Waals surface area contributed by atoms with Gasteiger partial charge in [0.05, 0.1) is 37.8 Å². The molecule has 0 aliphatic rings. The predicted molar refractivity (Wildman–Crippen MR) is 256 cm³/mol. The summed E-state index contributed by atoms with van der Waals surface area (Å²) >= 11 is 1.89. The highest BCUT2D eigenvalue weighted by Gasteiger charge is 2.25. The van der Waals surface area contributed by atoms with E-state index in [1.54, 1.807) is 0 Å². The Bertz CT molecular complexity index is 3790. The Morgan fingerprint density at radius 1 is 0.300 bits per heavy atom. The molecule has 0 bridgehead atoms. The lowest BCUT2D eigenvalue weighted by molar-refractivity contribution is 1.15.